The van der Waals surface area contributed by atoms with Gasteiger partial charge in [0.2, 0.25) is 5.91 Å². The maximum absolute atomic E-state index is 11.6. The molecule has 1 rings (SSSR count). The largest absolute Gasteiger partial charge is 0.480 e. The fourth-order valence-electron chi connectivity index (χ4n) is 1.51. The zero-order valence-corrected chi connectivity index (χ0v) is 11.8. The van der Waals surface area contributed by atoms with Crippen molar-refractivity contribution in [3.05, 3.63) is 21.9 Å². The van der Waals surface area contributed by atoms with E-state index < -0.39 is 11.5 Å². The lowest BCUT2D eigenvalue weighted by Gasteiger charge is -2.20. The van der Waals surface area contributed by atoms with Gasteiger partial charge in [0.25, 0.3) is 0 Å². The topological polar surface area (TPSA) is 66.4 Å². The van der Waals surface area contributed by atoms with Gasteiger partial charge in [-0.1, -0.05) is 0 Å². The molecule has 1 heterocycles. The molecule has 0 aromatic carbocycles. The third-order valence-corrected chi connectivity index (χ3v) is 3.67. The first-order valence-corrected chi connectivity index (χ1v) is 6.72. The number of carbonyl (C=O) groups excluding carboxylic acids is 1. The normalized spacial score (nSPS) is 11.3. The molecule has 0 aliphatic heterocycles. The zero-order chi connectivity index (χ0) is 13.8. The van der Waals surface area contributed by atoms with E-state index in [-0.39, 0.29) is 5.91 Å². The molecule has 5 heteroatoms. The highest BCUT2D eigenvalue weighted by Crippen LogP contribution is 2.17. The summed E-state index contributed by atoms with van der Waals surface area (Å²) >= 11 is 1.73. The van der Waals surface area contributed by atoms with Gasteiger partial charge in [-0.25, -0.2) is 4.79 Å². The lowest BCUT2D eigenvalue weighted by atomic mass is 10.1. The van der Waals surface area contributed by atoms with Gasteiger partial charge in [0.05, 0.1) is 0 Å². The number of carboxylic acid groups (broad SMARTS) is 1. The third-order valence-electron chi connectivity index (χ3n) is 2.61. The molecule has 0 atom stereocenters. The number of rotatable bonds is 6. The van der Waals surface area contributed by atoms with Crippen LogP contribution in [0, 0.1) is 6.92 Å². The van der Waals surface area contributed by atoms with Crippen LogP contribution in [0.2, 0.25) is 0 Å². The van der Waals surface area contributed by atoms with Gasteiger partial charge in [-0.15, -0.1) is 11.3 Å². The first-order valence-electron chi connectivity index (χ1n) is 5.91. The summed E-state index contributed by atoms with van der Waals surface area (Å²) in [7, 11) is 0. The van der Waals surface area contributed by atoms with Crippen molar-refractivity contribution >= 4 is 23.2 Å². The zero-order valence-electron chi connectivity index (χ0n) is 10.9. The summed E-state index contributed by atoms with van der Waals surface area (Å²) < 4.78 is 0. The predicted molar refractivity (Wildman–Crippen MR) is 71.9 cm³/mol. The average Bonchev–Trinajstić information content (AvgIpc) is 2.63. The van der Waals surface area contributed by atoms with Crippen LogP contribution in [0.15, 0.2) is 12.1 Å². The summed E-state index contributed by atoms with van der Waals surface area (Å²) in [5, 5.41) is 11.4. The molecule has 0 aliphatic carbocycles. The highest BCUT2D eigenvalue weighted by atomic mass is 32.1. The minimum atomic E-state index is -1.20. The SMILES string of the molecule is Cc1ccc(CCCC(=O)NC(C)(C)C(=O)O)s1. The van der Waals surface area contributed by atoms with Crippen molar-refractivity contribution in [3.63, 3.8) is 0 Å². The number of amides is 1. The molecule has 0 saturated heterocycles. The van der Waals surface area contributed by atoms with Crippen LogP contribution in [-0.2, 0) is 16.0 Å². The van der Waals surface area contributed by atoms with Crippen molar-refractivity contribution in [1.82, 2.24) is 5.32 Å². The molecule has 4 nitrogen and oxygen atoms in total. The van der Waals surface area contributed by atoms with Gasteiger partial charge in [0, 0.05) is 16.2 Å². The molecule has 0 saturated carbocycles. The van der Waals surface area contributed by atoms with E-state index in [1.165, 1.54) is 23.6 Å². The van der Waals surface area contributed by atoms with Gasteiger partial charge >= 0.3 is 5.97 Å². The second-order valence-electron chi connectivity index (χ2n) is 4.84. The van der Waals surface area contributed by atoms with Gasteiger partial charge in [-0.2, -0.15) is 0 Å². The molecule has 0 fully saturated rings. The summed E-state index contributed by atoms with van der Waals surface area (Å²) in [4.78, 5) is 25.0. The lowest BCUT2D eigenvalue weighted by molar-refractivity contribution is -0.146. The van der Waals surface area contributed by atoms with Crippen LogP contribution in [-0.4, -0.2) is 22.5 Å². The number of aliphatic carboxylic acids is 1. The van der Waals surface area contributed by atoms with Crippen LogP contribution in [0.3, 0.4) is 0 Å². The quantitative estimate of drug-likeness (QED) is 0.833. The molecule has 18 heavy (non-hydrogen) atoms. The van der Waals surface area contributed by atoms with Gasteiger partial charge in [-0.3, -0.25) is 4.79 Å². The van der Waals surface area contributed by atoms with Crippen molar-refractivity contribution < 1.29 is 14.7 Å². The van der Waals surface area contributed by atoms with Crippen LogP contribution in [0.4, 0.5) is 0 Å². The van der Waals surface area contributed by atoms with Crippen LogP contribution in [0.5, 0.6) is 0 Å². The second kappa shape index (κ2) is 6.00. The molecule has 1 aromatic heterocycles. The molecule has 0 spiro atoms. The Kier molecular flexibility index (Phi) is 4.90. The van der Waals surface area contributed by atoms with Crippen molar-refractivity contribution in [1.29, 1.82) is 0 Å². The number of thiophene rings is 1. The number of carbonyl (C=O) groups is 2. The van der Waals surface area contributed by atoms with Crippen LogP contribution < -0.4 is 5.32 Å². The molecule has 0 radical (unpaired) electrons. The van der Waals surface area contributed by atoms with E-state index in [4.69, 9.17) is 5.11 Å². The fourth-order valence-corrected chi connectivity index (χ4v) is 2.44. The number of carboxylic acids is 1. The average molecular weight is 269 g/mol. The molecule has 0 aliphatic rings. The predicted octanol–water partition coefficient (Wildman–Crippen LogP) is 2.36. The Morgan fingerprint density at radius 2 is 2.06 bits per heavy atom. The molecule has 2 N–H and O–H groups in total. The van der Waals surface area contributed by atoms with E-state index in [1.807, 2.05) is 0 Å². The van der Waals surface area contributed by atoms with E-state index in [9.17, 15) is 9.59 Å². The molecular formula is C13H19NO3S. The summed E-state index contributed by atoms with van der Waals surface area (Å²) in [5.74, 6) is -1.24. The highest BCUT2D eigenvalue weighted by Gasteiger charge is 2.28. The Bertz CT molecular complexity index is 437. The Hall–Kier alpha value is -1.36. The maximum Gasteiger partial charge on any atom is 0.328 e. The highest BCUT2D eigenvalue weighted by molar-refractivity contribution is 7.11. The summed E-state index contributed by atoms with van der Waals surface area (Å²) in [5.41, 5.74) is -1.20. The van der Waals surface area contributed by atoms with E-state index in [2.05, 4.69) is 24.4 Å². The minimum Gasteiger partial charge on any atom is -0.480 e. The van der Waals surface area contributed by atoms with Crippen molar-refractivity contribution in [3.8, 4) is 0 Å². The molecule has 1 aromatic rings. The van der Waals surface area contributed by atoms with E-state index in [1.54, 1.807) is 11.3 Å². The Labute approximate surface area is 111 Å². The standard InChI is InChI=1S/C13H19NO3S/c1-9-7-8-10(18-9)5-4-6-11(15)14-13(2,3)12(16)17/h7-8H,4-6H2,1-3H3,(H,14,15)(H,16,17). The van der Waals surface area contributed by atoms with E-state index in [0.717, 1.165) is 12.8 Å². The van der Waals surface area contributed by atoms with Gasteiger partial charge in [0.15, 0.2) is 0 Å². The smallest absolute Gasteiger partial charge is 0.328 e. The number of hydrogen-bond acceptors (Lipinski definition) is 3. The Morgan fingerprint density at radius 1 is 1.39 bits per heavy atom. The van der Waals surface area contributed by atoms with Crippen molar-refractivity contribution in [2.75, 3.05) is 0 Å². The maximum atomic E-state index is 11.6. The first-order chi connectivity index (χ1) is 8.31. The van der Waals surface area contributed by atoms with E-state index in [0.29, 0.717) is 6.42 Å². The monoisotopic (exact) mass is 269 g/mol. The van der Waals surface area contributed by atoms with Crippen molar-refractivity contribution in [2.45, 2.75) is 45.6 Å². The molecule has 0 bridgehead atoms. The summed E-state index contributed by atoms with van der Waals surface area (Å²) in [6.07, 6.45) is 1.95. The molecular weight excluding hydrogens is 250 g/mol. The van der Waals surface area contributed by atoms with Gasteiger partial charge < -0.3 is 10.4 Å². The lowest BCUT2D eigenvalue weighted by Crippen LogP contribution is -2.49. The van der Waals surface area contributed by atoms with Crippen LogP contribution in [0.25, 0.3) is 0 Å². The van der Waals surface area contributed by atoms with E-state index >= 15 is 0 Å². The van der Waals surface area contributed by atoms with Crippen molar-refractivity contribution in [2.24, 2.45) is 0 Å². The number of nitrogens with one attached hydrogen (secondary N) is 1. The summed E-state index contributed by atoms with van der Waals surface area (Å²) in [6.45, 7) is 5.02. The molecule has 100 valence electrons. The van der Waals surface area contributed by atoms with Gasteiger partial charge in [-0.05, 0) is 45.7 Å². The first kappa shape index (κ1) is 14.7. The molecule has 1 amide bonds. The number of aryl methyl sites for hydroxylation is 2. The fraction of sp³-hybridized carbons (Fsp3) is 0.538. The minimum absolute atomic E-state index is 0.212. The molecule has 0 unspecified atom stereocenters. The Morgan fingerprint density at radius 3 is 2.56 bits per heavy atom. The van der Waals surface area contributed by atoms with Gasteiger partial charge in [0.1, 0.15) is 5.54 Å². The number of hydrogen-bond donors (Lipinski definition) is 2. The summed E-state index contributed by atoms with van der Waals surface area (Å²) in [6, 6.07) is 4.13. The van der Waals surface area contributed by atoms with Crippen LogP contribution >= 0.6 is 11.3 Å². The van der Waals surface area contributed by atoms with Crippen LogP contribution in [0.1, 0.15) is 36.4 Å². The Balaban J connectivity index is 2.32. The third kappa shape index (κ3) is 4.49. The second-order valence-corrected chi connectivity index (χ2v) is 6.22.